The summed E-state index contributed by atoms with van der Waals surface area (Å²) in [6, 6.07) is 7.27. The Morgan fingerprint density at radius 3 is 2.71 bits per heavy atom. The lowest BCUT2D eigenvalue weighted by Gasteiger charge is -2.09. The van der Waals surface area contributed by atoms with Gasteiger partial charge in [-0.2, -0.15) is 0 Å². The van der Waals surface area contributed by atoms with Gasteiger partial charge < -0.3 is 15.2 Å². The highest BCUT2D eigenvalue weighted by molar-refractivity contribution is 6.34. The Bertz CT molecular complexity index is 703. The lowest BCUT2D eigenvalue weighted by Crippen LogP contribution is -2.13. The standard InChI is InChI=1S/C14H11ClN2O4/c1-21-14(20)8-4-5-11(10(15)7-8)17-13(19)9-3-2-6-16-12(9)18/h2-7H,1H3,(H,16,18)(H,17,19). The van der Waals surface area contributed by atoms with E-state index >= 15 is 0 Å². The Morgan fingerprint density at radius 1 is 1.33 bits per heavy atom. The van der Waals surface area contributed by atoms with Gasteiger partial charge in [0.05, 0.1) is 23.4 Å². The topological polar surface area (TPSA) is 88.5 Å². The van der Waals surface area contributed by atoms with E-state index in [0.717, 1.165) is 0 Å². The van der Waals surface area contributed by atoms with Gasteiger partial charge in [-0.3, -0.25) is 4.79 Å². The number of aromatic nitrogens is 1. The fourth-order valence-corrected chi connectivity index (χ4v) is 1.85. The minimum absolute atomic E-state index is 0.0191. The molecule has 2 rings (SSSR count). The van der Waals surface area contributed by atoms with E-state index in [0.29, 0.717) is 5.69 Å². The van der Waals surface area contributed by atoms with Crippen molar-refractivity contribution in [2.75, 3.05) is 12.4 Å². The summed E-state index contributed by atoms with van der Waals surface area (Å²) >= 11 is 6.00. The molecule has 0 bridgehead atoms. The number of hydrogen-bond acceptors (Lipinski definition) is 5. The molecular weight excluding hydrogens is 296 g/mol. The van der Waals surface area contributed by atoms with Gasteiger partial charge in [0.1, 0.15) is 5.56 Å². The van der Waals surface area contributed by atoms with Crippen LogP contribution in [0.15, 0.2) is 36.5 Å². The summed E-state index contributed by atoms with van der Waals surface area (Å²) in [5.41, 5.74) is 0.591. The molecule has 0 saturated heterocycles. The van der Waals surface area contributed by atoms with Gasteiger partial charge in [0.2, 0.25) is 5.88 Å². The van der Waals surface area contributed by atoms with Gasteiger partial charge in [-0.1, -0.05) is 11.6 Å². The van der Waals surface area contributed by atoms with E-state index in [1.807, 2.05) is 0 Å². The molecule has 0 spiro atoms. The highest BCUT2D eigenvalue weighted by Gasteiger charge is 2.14. The van der Waals surface area contributed by atoms with Gasteiger partial charge in [0.15, 0.2) is 0 Å². The summed E-state index contributed by atoms with van der Waals surface area (Å²) in [7, 11) is 1.26. The molecule has 0 aliphatic carbocycles. The normalized spacial score (nSPS) is 10.0. The largest absolute Gasteiger partial charge is 0.493 e. The fourth-order valence-electron chi connectivity index (χ4n) is 1.63. The maximum absolute atomic E-state index is 12.0. The Morgan fingerprint density at radius 2 is 2.10 bits per heavy atom. The molecular formula is C14H11ClN2O4. The first-order chi connectivity index (χ1) is 10.0. The van der Waals surface area contributed by atoms with E-state index in [4.69, 9.17) is 11.6 Å². The van der Waals surface area contributed by atoms with Crippen LogP contribution in [-0.4, -0.2) is 29.1 Å². The summed E-state index contributed by atoms with van der Waals surface area (Å²) < 4.78 is 4.57. The van der Waals surface area contributed by atoms with Crippen molar-refractivity contribution in [1.82, 2.24) is 4.98 Å². The molecule has 2 aromatic rings. The summed E-state index contributed by atoms with van der Waals surface area (Å²) in [6.07, 6.45) is 1.37. The molecule has 21 heavy (non-hydrogen) atoms. The number of benzene rings is 1. The molecule has 7 heteroatoms. The summed E-state index contributed by atoms with van der Waals surface area (Å²) in [4.78, 5) is 27.0. The third-order valence-corrected chi connectivity index (χ3v) is 2.98. The minimum atomic E-state index is -0.562. The Balaban J connectivity index is 2.22. The highest BCUT2D eigenvalue weighted by atomic mass is 35.5. The Hall–Kier alpha value is -2.60. The van der Waals surface area contributed by atoms with Crippen LogP contribution in [0.5, 0.6) is 5.88 Å². The lowest BCUT2D eigenvalue weighted by molar-refractivity contribution is 0.0600. The van der Waals surface area contributed by atoms with E-state index < -0.39 is 11.9 Å². The van der Waals surface area contributed by atoms with Crippen LogP contribution in [0.1, 0.15) is 20.7 Å². The molecule has 1 amide bonds. The van der Waals surface area contributed by atoms with Crippen LogP contribution in [0.3, 0.4) is 0 Å². The molecule has 0 radical (unpaired) electrons. The van der Waals surface area contributed by atoms with Crippen molar-refractivity contribution in [3.8, 4) is 5.88 Å². The zero-order chi connectivity index (χ0) is 15.4. The first kappa shape index (κ1) is 14.8. The van der Waals surface area contributed by atoms with Gasteiger partial charge >= 0.3 is 5.97 Å². The van der Waals surface area contributed by atoms with Crippen molar-refractivity contribution in [1.29, 1.82) is 0 Å². The number of carbonyl (C=O) groups excluding carboxylic acids is 2. The second-order valence-electron chi connectivity index (χ2n) is 4.01. The van der Waals surface area contributed by atoms with E-state index in [9.17, 15) is 14.7 Å². The molecule has 0 saturated carbocycles. The van der Waals surface area contributed by atoms with Crippen molar-refractivity contribution in [2.24, 2.45) is 0 Å². The van der Waals surface area contributed by atoms with Crippen molar-refractivity contribution in [3.05, 3.63) is 52.7 Å². The zero-order valence-corrected chi connectivity index (χ0v) is 11.7. The third-order valence-electron chi connectivity index (χ3n) is 2.67. The second kappa shape index (κ2) is 6.23. The van der Waals surface area contributed by atoms with E-state index in [1.54, 1.807) is 0 Å². The number of aromatic hydroxyl groups is 1. The van der Waals surface area contributed by atoms with Crippen LogP contribution in [0.4, 0.5) is 5.69 Å². The first-order valence-corrected chi connectivity index (χ1v) is 6.24. The predicted molar refractivity (Wildman–Crippen MR) is 76.6 cm³/mol. The SMILES string of the molecule is COC(=O)c1ccc(NC(=O)c2cccnc2O)c(Cl)c1. The first-order valence-electron chi connectivity index (χ1n) is 5.86. The molecule has 0 atom stereocenters. The van der Waals surface area contributed by atoms with Gasteiger partial charge in [-0.05, 0) is 30.3 Å². The average Bonchev–Trinajstić information content (AvgIpc) is 2.48. The van der Waals surface area contributed by atoms with Gasteiger partial charge in [-0.15, -0.1) is 0 Å². The maximum Gasteiger partial charge on any atom is 0.337 e. The summed E-state index contributed by atoms with van der Waals surface area (Å²) in [5, 5.41) is 12.2. The van der Waals surface area contributed by atoms with Crippen LogP contribution in [-0.2, 0) is 4.74 Å². The number of rotatable bonds is 3. The number of ether oxygens (including phenoxy) is 1. The number of halogens is 1. The quantitative estimate of drug-likeness (QED) is 0.850. The van der Waals surface area contributed by atoms with Crippen molar-refractivity contribution >= 4 is 29.2 Å². The van der Waals surface area contributed by atoms with E-state index in [1.165, 1.54) is 43.6 Å². The monoisotopic (exact) mass is 306 g/mol. The van der Waals surface area contributed by atoms with Crippen molar-refractivity contribution < 1.29 is 19.4 Å². The molecule has 108 valence electrons. The maximum atomic E-state index is 12.0. The highest BCUT2D eigenvalue weighted by Crippen LogP contribution is 2.25. The van der Waals surface area contributed by atoms with Crippen molar-refractivity contribution in [3.63, 3.8) is 0 Å². The van der Waals surface area contributed by atoms with Gasteiger partial charge in [0.25, 0.3) is 5.91 Å². The second-order valence-corrected chi connectivity index (χ2v) is 4.42. The number of nitrogens with zero attached hydrogens (tertiary/aromatic N) is 1. The Labute approximate surface area is 125 Å². The van der Waals surface area contributed by atoms with Crippen LogP contribution in [0.25, 0.3) is 0 Å². The number of amides is 1. The molecule has 6 nitrogen and oxygen atoms in total. The average molecular weight is 307 g/mol. The van der Waals surface area contributed by atoms with Crippen LogP contribution < -0.4 is 5.32 Å². The summed E-state index contributed by atoms with van der Waals surface area (Å²) in [5.74, 6) is -1.47. The molecule has 0 unspecified atom stereocenters. The minimum Gasteiger partial charge on any atom is -0.493 e. The zero-order valence-electron chi connectivity index (χ0n) is 11.0. The van der Waals surface area contributed by atoms with Crippen LogP contribution in [0, 0.1) is 0 Å². The van der Waals surface area contributed by atoms with E-state index in [-0.39, 0.29) is 22.0 Å². The van der Waals surface area contributed by atoms with E-state index in [2.05, 4.69) is 15.0 Å². The molecule has 2 N–H and O–H groups in total. The number of hydrogen-bond donors (Lipinski definition) is 2. The molecule has 0 fully saturated rings. The number of pyridine rings is 1. The molecule has 1 aromatic carbocycles. The van der Waals surface area contributed by atoms with Crippen molar-refractivity contribution in [2.45, 2.75) is 0 Å². The number of esters is 1. The van der Waals surface area contributed by atoms with Crippen LogP contribution in [0.2, 0.25) is 5.02 Å². The summed E-state index contributed by atoms with van der Waals surface area (Å²) in [6.45, 7) is 0. The predicted octanol–water partition coefficient (Wildman–Crippen LogP) is 2.48. The number of methoxy groups -OCH3 is 1. The van der Waals surface area contributed by atoms with Crippen LogP contribution >= 0.6 is 11.6 Å². The third kappa shape index (κ3) is 3.29. The lowest BCUT2D eigenvalue weighted by atomic mass is 10.2. The van der Waals surface area contributed by atoms with Gasteiger partial charge in [-0.25, -0.2) is 9.78 Å². The molecule has 1 aromatic heterocycles. The molecule has 1 heterocycles. The Kier molecular flexibility index (Phi) is 4.39. The number of anilines is 1. The fraction of sp³-hybridized carbons (Fsp3) is 0.0714. The smallest absolute Gasteiger partial charge is 0.337 e. The molecule has 0 aliphatic heterocycles. The van der Waals surface area contributed by atoms with Gasteiger partial charge in [0, 0.05) is 6.20 Å². The number of carbonyl (C=O) groups is 2. The number of nitrogens with one attached hydrogen (secondary N) is 1. The molecule has 0 aliphatic rings.